The van der Waals surface area contributed by atoms with Crippen LogP contribution in [0.2, 0.25) is 0 Å². The molecule has 1 atom stereocenters. The minimum Gasteiger partial charge on any atom is -0.271 e. The highest BCUT2D eigenvalue weighted by Gasteiger charge is 2.19. The van der Waals surface area contributed by atoms with Crippen LogP contribution in [0.25, 0.3) is 0 Å². The van der Waals surface area contributed by atoms with Crippen molar-refractivity contribution in [2.75, 3.05) is 6.26 Å². The predicted octanol–water partition coefficient (Wildman–Crippen LogP) is 3.79. The number of benzene rings is 1. The molecule has 1 heterocycles. The van der Waals surface area contributed by atoms with Crippen molar-refractivity contribution in [3.05, 3.63) is 50.6 Å². The van der Waals surface area contributed by atoms with E-state index >= 15 is 0 Å². The van der Waals surface area contributed by atoms with Crippen LogP contribution in [0.4, 0.5) is 0 Å². The maximum Gasteiger partial charge on any atom is 0.0824 e. The Bertz CT molecular complexity index is 499. The van der Waals surface area contributed by atoms with Crippen molar-refractivity contribution in [1.82, 2.24) is 5.43 Å². The van der Waals surface area contributed by atoms with Crippen molar-refractivity contribution < 1.29 is 0 Å². The van der Waals surface area contributed by atoms with Gasteiger partial charge in [0.1, 0.15) is 0 Å². The highest BCUT2D eigenvalue weighted by Crippen LogP contribution is 2.36. The fourth-order valence-electron chi connectivity index (χ4n) is 1.72. The van der Waals surface area contributed by atoms with Crippen molar-refractivity contribution in [3.8, 4) is 0 Å². The number of hydrogen-bond donors (Lipinski definition) is 2. The van der Waals surface area contributed by atoms with Gasteiger partial charge in [-0.25, -0.2) is 5.43 Å². The third-order valence-corrected chi connectivity index (χ3v) is 5.27. The zero-order valence-electron chi connectivity index (χ0n) is 9.31. The molecule has 1 unspecified atom stereocenters. The van der Waals surface area contributed by atoms with Crippen LogP contribution in [-0.2, 0) is 0 Å². The fourth-order valence-corrected chi connectivity index (χ4v) is 4.04. The number of hydrogen-bond acceptors (Lipinski definition) is 4. The van der Waals surface area contributed by atoms with E-state index in [0.717, 1.165) is 4.47 Å². The molecule has 0 saturated carbocycles. The summed E-state index contributed by atoms with van der Waals surface area (Å²) in [5.74, 6) is 5.72. The average Bonchev–Trinajstić information content (AvgIpc) is 2.78. The predicted molar refractivity (Wildman–Crippen MR) is 79.4 cm³/mol. The van der Waals surface area contributed by atoms with Crippen LogP contribution < -0.4 is 11.3 Å². The van der Waals surface area contributed by atoms with Gasteiger partial charge in [-0.05, 0) is 45.3 Å². The summed E-state index contributed by atoms with van der Waals surface area (Å²) < 4.78 is 1.10. The van der Waals surface area contributed by atoms with E-state index in [4.69, 9.17) is 5.84 Å². The zero-order chi connectivity index (χ0) is 12.3. The molecule has 1 aromatic carbocycles. The van der Waals surface area contributed by atoms with E-state index < -0.39 is 0 Å². The summed E-state index contributed by atoms with van der Waals surface area (Å²) in [4.78, 5) is 2.45. The highest BCUT2D eigenvalue weighted by atomic mass is 79.9. The van der Waals surface area contributed by atoms with Gasteiger partial charge in [-0.15, -0.1) is 23.1 Å². The summed E-state index contributed by atoms with van der Waals surface area (Å²) in [6.45, 7) is 0. The molecule has 2 nitrogen and oxygen atoms in total. The van der Waals surface area contributed by atoms with Crippen molar-refractivity contribution in [2.24, 2.45) is 5.84 Å². The van der Waals surface area contributed by atoms with E-state index in [1.807, 2.05) is 18.2 Å². The third-order valence-electron chi connectivity index (χ3n) is 2.52. The molecule has 90 valence electrons. The largest absolute Gasteiger partial charge is 0.271 e. The minimum absolute atomic E-state index is 0.0352. The van der Waals surface area contributed by atoms with E-state index in [0.29, 0.717) is 0 Å². The first-order chi connectivity index (χ1) is 8.27. The zero-order valence-corrected chi connectivity index (χ0v) is 12.5. The molecular weight excluding hydrogens is 316 g/mol. The summed E-state index contributed by atoms with van der Waals surface area (Å²) in [5.41, 5.74) is 4.12. The van der Waals surface area contributed by atoms with Crippen molar-refractivity contribution in [1.29, 1.82) is 0 Å². The quantitative estimate of drug-likeness (QED) is 0.509. The standard InChI is InChI=1S/C12H13BrN2S2/c1-16-10-5-3-2-4-8(10)11(15-14)12-9(13)6-7-17-12/h2-7,11,15H,14H2,1H3. The molecule has 0 radical (unpaired) electrons. The van der Waals surface area contributed by atoms with E-state index in [1.54, 1.807) is 23.1 Å². The van der Waals surface area contributed by atoms with Gasteiger partial charge in [-0.1, -0.05) is 18.2 Å². The first kappa shape index (κ1) is 13.1. The van der Waals surface area contributed by atoms with Gasteiger partial charge in [-0.2, -0.15) is 0 Å². The number of nitrogens with one attached hydrogen (secondary N) is 1. The smallest absolute Gasteiger partial charge is 0.0824 e. The van der Waals surface area contributed by atoms with Crippen molar-refractivity contribution in [3.63, 3.8) is 0 Å². The number of hydrazine groups is 1. The molecule has 0 bridgehead atoms. The molecular formula is C12H13BrN2S2. The monoisotopic (exact) mass is 328 g/mol. The maximum atomic E-state index is 5.72. The van der Waals surface area contributed by atoms with E-state index in [-0.39, 0.29) is 6.04 Å². The Labute approximate surface area is 118 Å². The molecule has 0 amide bonds. The molecule has 0 aliphatic rings. The molecule has 2 rings (SSSR count). The highest BCUT2D eigenvalue weighted by molar-refractivity contribution is 9.10. The molecule has 0 fully saturated rings. The molecule has 0 aliphatic carbocycles. The van der Waals surface area contributed by atoms with Gasteiger partial charge in [0, 0.05) is 14.2 Å². The Hall–Kier alpha value is -0.330. The second-order valence-electron chi connectivity index (χ2n) is 3.47. The van der Waals surface area contributed by atoms with Gasteiger partial charge in [-0.3, -0.25) is 5.84 Å². The Morgan fingerprint density at radius 1 is 1.35 bits per heavy atom. The number of thiophene rings is 1. The molecule has 1 aromatic heterocycles. The third kappa shape index (κ3) is 2.74. The molecule has 0 aliphatic heterocycles. The summed E-state index contributed by atoms with van der Waals surface area (Å²) in [6.07, 6.45) is 2.08. The molecule has 0 spiro atoms. The summed E-state index contributed by atoms with van der Waals surface area (Å²) >= 11 is 6.99. The molecule has 5 heteroatoms. The summed E-state index contributed by atoms with van der Waals surface area (Å²) in [7, 11) is 0. The Kier molecular flexibility index (Phi) is 4.64. The molecule has 0 saturated heterocycles. The first-order valence-electron chi connectivity index (χ1n) is 5.10. The Morgan fingerprint density at radius 3 is 2.71 bits per heavy atom. The average molecular weight is 329 g/mol. The van der Waals surface area contributed by atoms with Crippen LogP contribution in [0.1, 0.15) is 16.5 Å². The summed E-state index contributed by atoms with van der Waals surface area (Å²) in [5, 5.41) is 2.06. The normalized spacial score (nSPS) is 12.6. The van der Waals surface area contributed by atoms with Gasteiger partial charge in [0.05, 0.1) is 6.04 Å². The van der Waals surface area contributed by atoms with Crippen LogP contribution in [0.3, 0.4) is 0 Å². The van der Waals surface area contributed by atoms with Gasteiger partial charge >= 0.3 is 0 Å². The topological polar surface area (TPSA) is 38.0 Å². The Morgan fingerprint density at radius 2 is 2.12 bits per heavy atom. The molecule has 2 aromatic rings. The van der Waals surface area contributed by atoms with Crippen LogP contribution in [0.5, 0.6) is 0 Å². The van der Waals surface area contributed by atoms with E-state index in [1.165, 1.54) is 15.3 Å². The fraction of sp³-hybridized carbons (Fsp3) is 0.167. The number of nitrogens with two attached hydrogens (primary N) is 1. The number of rotatable bonds is 4. The maximum absolute atomic E-state index is 5.72. The molecule has 17 heavy (non-hydrogen) atoms. The number of thioether (sulfide) groups is 1. The lowest BCUT2D eigenvalue weighted by Crippen LogP contribution is -2.28. The van der Waals surface area contributed by atoms with Crippen molar-refractivity contribution in [2.45, 2.75) is 10.9 Å². The van der Waals surface area contributed by atoms with Crippen LogP contribution in [0, 0.1) is 0 Å². The molecule has 3 N–H and O–H groups in total. The van der Waals surface area contributed by atoms with Gasteiger partial charge in [0.15, 0.2) is 0 Å². The lowest BCUT2D eigenvalue weighted by atomic mass is 10.1. The minimum atomic E-state index is 0.0352. The first-order valence-corrected chi connectivity index (χ1v) is 7.99. The number of halogens is 1. The van der Waals surface area contributed by atoms with Crippen LogP contribution in [-0.4, -0.2) is 6.26 Å². The van der Waals surface area contributed by atoms with Gasteiger partial charge in [0.2, 0.25) is 0 Å². The van der Waals surface area contributed by atoms with E-state index in [9.17, 15) is 0 Å². The van der Waals surface area contributed by atoms with E-state index in [2.05, 4.69) is 45.1 Å². The second-order valence-corrected chi connectivity index (χ2v) is 6.12. The lowest BCUT2D eigenvalue weighted by molar-refractivity contribution is 0.635. The SMILES string of the molecule is CSc1ccccc1C(NN)c1sccc1Br. The lowest BCUT2D eigenvalue weighted by Gasteiger charge is -2.18. The van der Waals surface area contributed by atoms with Crippen LogP contribution in [0.15, 0.2) is 45.1 Å². The Balaban J connectivity index is 2.46. The van der Waals surface area contributed by atoms with Crippen LogP contribution >= 0.6 is 39.0 Å². The second kappa shape index (κ2) is 6.02. The van der Waals surface area contributed by atoms with Gasteiger partial charge in [0.25, 0.3) is 0 Å². The van der Waals surface area contributed by atoms with Crippen molar-refractivity contribution >= 4 is 39.0 Å². The van der Waals surface area contributed by atoms with Gasteiger partial charge < -0.3 is 0 Å². The summed E-state index contributed by atoms with van der Waals surface area (Å²) in [6, 6.07) is 10.4.